The molecule has 0 heterocycles. The van der Waals surface area contributed by atoms with Crippen LogP contribution in [0.2, 0.25) is 0 Å². The molecular weight excluding hydrogens is 271 g/mol. The maximum absolute atomic E-state index is 13.0. The first-order valence-corrected chi connectivity index (χ1v) is 5.50. The Kier molecular flexibility index (Phi) is 3.84. The molecule has 0 aliphatic carbocycles. The monoisotopic (exact) mass is 279 g/mol. The Morgan fingerprint density at radius 3 is 2.30 bits per heavy atom. The van der Waals surface area contributed by atoms with Crippen LogP contribution in [-0.4, -0.2) is 17.3 Å². The summed E-state index contributed by atoms with van der Waals surface area (Å²) in [7, 11) is 0. The number of para-hydroxylation sites is 1. The van der Waals surface area contributed by atoms with Gasteiger partial charge in [-0.05, 0) is 29.8 Å². The number of hydrogen-bond acceptors (Lipinski definition) is 2. The lowest BCUT2D eigenvalue weighted by Gasteiger charge is -2.00. The van der Waals surface area contributed by atoms with Gasteiger partial charge >= 0.3 is 5.97 Å². The van der Waals surface area contributed by atoms with E-state index in [1.165, 1.54) is 18.2 Å². The second-order valence-corrected chi connectivity index (χ2v) is 3.88. The first-order chi connectivity index (χ1) is 9.49. The highest BCUT2D eigenvalue weighted by molar-refractivity contribution is 5.95. The zero-order valence-corrected chi connectivity index (χ0v) is 9.98. The van der Waals surface area contributed by atoms with Crippen LogP contribution in [0.5, 0.6) is 0 Å². The highest BCUT2D eigenvalue weighted by atomic mass is 19.2. The molecule has 20 heavy (non-hydrogen) atoms. The Morgan fingerprint density at radius 1 is 1.10 bits per heavy atom. The number of carbonyl (C=O) groups is 1. The lowest BCUT2D eigenvalue weighted by Crippen LogP contribution is -1.97. The van der Waals surface area contributed by atoms with Crippen LogP contribution >= 0.6 is 0 Å². The van der Waals surface area contributed by atoms with Gasteiger partial charge in [-0.25, -0.2) is 18.0 Å². The molecule has 0 fully saturated rings. The molecule has 0 aliphatic rings. The fourth-order valence-corrected chi connectivity index (χ4v) is 1.56. The van der Waals surface area contributed by atoms with Crippen molar-refractivity contribution in [3.05, 3.63) is 65.0 Å². The van der Waals surface area contributed by atoms with E-state index in [2.05, 4.69) is 4.99 Å². The predicted octanol–water partition coefficient (Wildman–Crippen LogP) is 3.55. The maximum Gasteiger partial charge on any atom is 0.337 e. The van der Waals surface area contributed by atoms with Crippen molar-refractivity contribution in [3.8, 4) is 0 Å². The Bertz CT molecular complexity index is 676. The van der Waals surface area contributed by atoms with Gasteiger partial charge in [0.15, 0.2) is 17.5 Å². The van der Waals surface area contributed by atoms with Gasteiger partial charge in [0.2, 0.25) is 0 Å². The number of aromatic carboxylic acids is 1. The maximum atomic E-state index is 13.0. The van der Waals surface area contributed by atoms with Crippen LogP contribution in [-0.2, 0) is 0 Å². The number of nitrogens with zero attached hydrogens (tertiary/aromatic N) is 1. The van der Waals surface area contributed by atoms with Gasteiger partial charge in [0.05, 0.1) is 11.3 Å². The average Bonchev–Trinajstić information content (AvgIpc) is 2.42. The summed E-state index contributed by atoms with van der Waals surface area (Å²) in [4.78, 5) is 14.8. The minimum atomic E-state index is -1.56. The first kappa shape index (κ1) is 13.8. The second-order valence-electron chi connectivity index (χ2n) is 3.88. The van der Waals surface area contributed by atoms with E-state index in [1.54, 1.807) is 6.07 Å². The predicted molar refractivity (Wildman–Crippen MR) is 67.0 cm³/mol. The number of aliphatic imine (C=N–C) groups is 1. The number of rotatable bonds is 3. The lowest BCUT2D eigenvalue weighted by atomic mass is 10.2. The quantitative estimate of drug-likeness (QED) is 0.690. The lowest BCUT2D eigenvalue weighted by molar-refractivity contribution is 0.0698. The summed E-state index contributed by atoms with van der Waals surface area (Å²) < 4.78 is 38.8. The zero-order valence-electron chi connectivity index (χ0n) is 9.98. The van der Waals surface area contributed by atoms with Crippen LogP contribution in [0.4, 0.5) is 18.9 Å². The summed E-state index contributed by atoms with van der Waals surface area (Å²) in [6, 6.07) is 7.43. The van der Waals surface area contributed by atoms with Gasteiger partial charge in [-0.1, -0.05) is 12.1 Å². The Labute approximate surface area is 112 Å². The highest BCUT2D eigenvalue weighted by Gasteiger charge is 2.10. The van der Waals surface area contributed by atoms with E-state index >= 15 is 0 Å². The van der Waals surface area contributed by atoms with E-state index in [0.717, 1.165) is 18.3 Å². The fourth-order valence-electron chi connectivity index (χ4n) is 1.56. The van der Waals surface area contributed by atoms with Crippen molar-refractivity contribution in [1.29, 1.82) is 0 Å². The van der Waals surface area contributed by atoms with Crippen molar-refractivity contribution in [1.82, 2.24) is 0 Å². The molecule has 1 N–H and O–H groups in total. The van der Waals surface area contributed by atoms with Gasteiger partial charge in [-0.2, -0.15) is 0 Å². The fraction of sp³-hybridized carbons (Fsp3) is 0. The van der Waals surface area contributed by atoms with E-state index in [-0.39, 0.29) is 16.8 Å². The molecule has 0 bridgehead atoms. The molecule has 0 radical (unpaired) electrons. The van der Waals surface area contributed by atoms with E-state index in [0.29, 0.717) is 0 Å². The zero-order chi connectivity index (χ0) is 14.7. The van der Waals surface area contributed by atoms with Crippen LogP contribution in [0.15, 0.2) is 41.4 Å². The van der Waals surface area contributed by atoms with Crippen molar-refractivity contribution >= 4 is 17.9 Å². The average molecular weight is 279 g/mol. The third kappa shape index (κ3) is 2.85. The topological polar surface area (TPSA) is 49.7 Å². The molecule has 0 unspecified atom stereocenters. The summed E-state index contributed by atoms with van der Waals surface area (Å²) in [6.45, 7) is 0. The van der Waals surface area contributed by atoms with Crippen LogP contribution in [0, 0.1) is 17.5 Å². The molecule has 0 amide bonds. The molecule has 2 rings (SSSR count). The first-order valence-electron chi connectivity index (χ1n) is 5.50. The number of carboxylic acids is 1. The van der Waals surface area contributed by atoms with Gasteiger partial charge in [0.1, 0.15) is 0 Å². The molecule has 2 aromatic rings. The summed E-state index contributed by atoms with van der Waals surface area (Å²) in [6.07, 6.45) is 1.06. The van der Waals surface area contributed by atoms with Gasteiger partial charge in [-0.3, -0.25) is 4.99 Å². The third-order valence-electron chi connectivity index (χ3n) is 2.49. The van der Waals surface area contributed by atoms with Gasteiger partial charge in [-0.15, -0.1) is 0 Å². The van der Waals surface area contributed by atoms with Crippen molar-refractivity contribution in [3.63, 3.8) is 0 Å². The van der Waals surface area contributed by atoms with Crippen molar-refractivity contribution in [2.24, 2.45) is 4.99 Å². The molecule has 3 nitrogen and oxygen atoms in total. The van der Waals surface area contributed by atoms with Crippen LogP contribution in [0.25, 0.3) is 0 Å². The smallest absolute Gasteiger partial charge is 0.337 e. The Balaban J connectivity index is 2.37. The van der Waals surface area contributed by atoms with E-state index in [4.69, 9.17) is 5.11 Å². The van der Waals surface area contributed by atoms with E-state index in [1.807, 2.05) is 0 Å². The molecule has 0 aromatic heterocycles. The normalized spacial score (nSPS) is 10.9. The Morgan fingerprint density at radius 2 is 1.70 bits per heavy atom. The summed E-state index contributed by atoms with van der Waals surface area (Å²) in [5.41, 5.74) is 0.0681. The standard InChI is InChI=1S/C14H8F3NO2/c15-10-5-8(6-11(16)13(10)17)7-18-12-4-2-1-3-9(12)14(19)20/h1-7H,(H,19,20). The molecule has 6 heteroatoms. The van der Waals surface area contributed by atoms with Crippen molar-refractivity contribution in [2.45, 2.75) is 0 Å². The molecule has 0 aliphatic heterocycles. The number of hydrogen-bond donors (Lipinski definition) is 1. The molecule has 0 saturated heterocycles. The summed E-state index contributed by atoms with van der Waals surface area (Å²) in [5.74, 6) is -5.40. The van der Waals surface area contributed by atoms with Crippen LogP contribution in [0.1, 0.15) is 15.9 Å². The second kappa shape index (κ2) is 5.56. The minimum Gasteiger partial charge on any atom is -0.478 e. The van der Waals surface area contributed by atoms with E-state index in [9.17, 15) is 18.0 Å². The number of carboxylic acid groups (broad SMARTS) is 1. The Hall–Kier alpha value is -2.63. The molecule has 0 saturated carbocycles. The largest absolute Gasteiger partial charge is 0.478 e. The summed E-state index contributed by atoms with van der Waals surface area (Å²) in [5, 5.41) is 8.94. The highest BCUT2D eigenvalue weighted by Crippen LogP contribution is 2.19. The molecular formula is C14H8F3NO2. The number of benzene rings is 2. The summed E-state index contributed by atoms with van der Waals surface area (Å²) >= 11 is 0. The number of halogens is 3. The van der Waals surface area contributed by atoms with Crippen LogP contribution in [0.3, 0.4) is 0 Å². The van der Waals surface area contributed by atoms with Crippen molar-refractivity contribution in [2.75, 3.05) is 0 Å². The molecule has 102 valence electrons. The third-order valence-corrected chi connectivity index (χ3v) is 2.49. The molecule has 0 atom stereocenters. The van der Waals surface area contributed by atoms with Crippen molar-refractivity contribution < 1.29 is 23.1 Å². The molecule has 0 spiro atoms. The SMILES string of the molecule is O=C(O)c1ccccc1N=Cc1cc(F)c(F)c(F)c1. The van der Waals surface area contributed by atoms with Gasteiger partial charge in [0.25, 0.3) is 0 Å². The van der Waals surface area contributed by atoms with E-state index < -0.39 is 23.4 Å². The van der Waals surface area contributed by atoms with Crippen LogP contribution < -0.4 is 0 Å². The van der Waals surface area contributed by atoms with Gasteiger partial charge < -0.3 is 5.11 Å². The molecule has 2 aromatic carbocycles. The van der Waals surface area contributed by atoms with Gasteiger partial charge in [0, 0.05) is 6.21 Å². The minimum absolute atomic E-state index is 0.0124.